The fraction of sp³-hybridized carbons (Fsp3) is 0.972. The minimum atomic E-state index is -2.96. The van der Waals surface area contributed by atoms with Crippen molar-refractivity contribution in [3.8, 4) is 0 Å². The molecular weight excluding hydrogens is 1450 g/mol. The first-order valence-electron chi connectivity index (χ1n) is 51.5. The van der Waals surface area contributed by atoms with Crippen molar-refractivity contribution in [2.45, 2.75) is 544 Å². The van der Waals surface area contributed by atoms with E-state index in [0.29, 0.717) is 64.6 Å². The second-order valence-corrected chi connectivity index (χ2v) is 45.4. The van der Waals surface area contributed by atoms with Crippen LogP contribution in [0.1, 0.15) is 538 Å². The number of hydrogen-bond donors (Lipinski definition) is 0. The smallest absolute Gasteiger partial charge is 0.410 e. The van der Waals surface area contributed by atoms with Crippen LogP contribution in [0.2, 0.25) is 0 Å². The van der Waals surface area contributed by atoms with Crippen molar-refractivity contribution in [3.63, 3.8) is 0 Å². The van der Waals surface area contributed by atoms with Crippen molar-refractivity contribution in [1.29, 1.82) is 0 Å². The molecule has 0 radical (unpaired) electrons. The molecule has 0 aromatic heterocycles. The van der Waals surface area contributed by atoms with Gasteiger partial charge in [-0.05, 0) is 192 Å². The standard InChI is InChI=1S/C14H27NO2.C10H21NO2S.3C10H20.2C9H16O.2C9H18.6C3H8/c1-13(2,3)11-7-9-15(10-8-11)12(16)17-14(4,5)6;1-10(2,3)9-5-7-11(8-6-9)14(4,12)13;1-10(2,3)9-7-5-4-6-8-9;2*1-3-4-10-7-5-9(2)6-8-10;2*1-7-3-5-9(6-4-7)8(2)10;2*1-3-9-6-4-8(2)5-7-9;6*1-3-2/h11H,7-10H2,1-6H3;9H,5-8H2,1-4H3;9H,4-8H2,1-3H3;2*9-10H,3-8H2,1-2H3;2*7,9H,3-6H2,1-2H3;2*8-9H,3-7H2,1-2H3;6*3H2,1-2H3. The molecule has 0 unspecified atom stereocenters. The molecule has 2 saturated heterocycles. The summed E-state index contributed by atoms with van der Waals surface area (Å²) in [5.74, 6) is 14.1. The van der Waals surface area contributed by atoms with Gasteiger partial charge in [0.25, 0.3) is 0 Å². The Balaban J connectivity index is -0.000000290. The Hall–Kier alpha value is -1.48. The van der Waals surface area contributed by atoms with Crippen molar-refractivity contribution in [3.05, 3.63) is 0 Å². The number of carbonyl (C=O) groups excluding carboxylic acids is 3. The van der Waals surface area contributed by atoms with E-state index >= 15 is 0 Å². The molecule has 708 valence electrons. The predicted octanol–water partition coefficient (Wildman–Crippen LogP) is 36.0. The lowest BCUT2D eigenvalue weighted by Crippen LogP contribution is -2.43. The molecule has 0 N–H and O–H groups in total. The number of Topliss-reactive ketones (excluding diaryl/α,β-unsaturated/α-hetero) is 2. The molecule has 9 rings (SSSR count). The molecule has 9 aliphatic rings. The zero-order chi connectivity index (χ0) is 91.4. The second kappa shape index (κ2) is 76.9. The van der Waals surface area contributed by atoms with E-state index in [9.17, 15) is 22.8 Å². The summed E-state index contributed by atoms with van der Waals surface area (Å²) < 4.78 is 29.5. The highest BCUT2D eigenvalue weighted by atomic mass is 32.2. The minimum Gasteiger partial charge on any atom is -0.444 e. The molecule has 1 amide bonds. The highest BCUT2D eigenvalue weighted by Gasteiger charge is 2.34. The van der Waals surface area contributed by atoms with Crippen LogP contribution in [0, 0.1) is 105 Å². The number of nitrogens with zero attached hydrogens (tertiary/aromatic N) is 2. The Morgan fingerprint density at radius 2 is 0.521 bits per heavy atom. The van der Waals surface area contributed by atoms with Gasteiger partial charge in [0, 0.05) is 38.0 Å². The number of hydrogen-bond acceptors (Lipinski definition) is 6. The van der Waals surface area contributed by atoms with E-state index in [4.69, 9.17) is 4.74 Å². The van der Waals surface area contributed by atoms with E-state index in [-0.39, 0.29) is 6.09 Å². The molecule has 0 spiro atoms. The van der Waals surface area contributed by atoms with Crippen LogP contribution in [-0.2, 0) is 24.3 Å². The van der Waals surface area contributed by atoms with Gasteiger partial charge in [-0.15, -0.1) is 0 Å². The summed E-state index contributed by atoms with van der Waals surface area (Å²) in [6.07, 6.45) is 62.2. The fourth-order valence-corrected chi connectivity index (χ4v) is 18.0. The van der Waals surface area contributed by atoms with Crippen LogP contribution in [0.25, 0.3) is 0 Å². The van der Waals surface area contributed by atoms with Gasteiger partial charge >= 0.3 is 6.09 Å². The maximum Gasteiger partial charge on any atom is 0.410 e. The third-order valence-corrected chi connectivity index (χ3v) is 26.9. The Bertz CT molecular complexity index is 2130. The van der Waals surface area contributed by atoms with Gasteiger partial charge in [-0.25, -0.2) is 17.5 Å². The summed E-state index contributed by atoms with van der Waals surface area (Å²) >= 11 is 0. The monoisotopic (exact) mass is 1680 g/mol. The van der Waals surface area contributed by atoms with Gasteiger partial charge in [-0.2, -0.15) is 0 Å². The number of ketones is 2. The van der Waals surface area contributed by atoms with Crippen LogP contribution in [0.15, 0.2) is 0 Å². The van der Waals surface area contributed by atoms with Gasteiger partial charge in [0.1, 0.15) is 17.2 Å². The van der Waals surface area contributed by atoms with Gasteiger partial charge in [-0.3, -0.25) is 9.59 Å². The first-order chi connectivity index (χ1) is 54.6. The number of carbonyl (C=O) groups is 3. The maximum atomic E-state index is 11.9. The number of rotatable bonds is 9. The molecule has 2 heterocycles. The first-order valence-corrected chi connectivity index (χ1v) is 53.4. The summed E-state index contributed by atoms with van der Waals surface area (Å²) in [6.45, 7) is 81.7. The van der Waals surface area contributed by atoms with E-state index in [0.717, 1.165) is 130 Å². The summed E-state index contributed by atoms with van der Waals surface area (Å²) in [6, 6.07) is 0. The number of ether oxygens (including phenoxy) is 1. The molecule has 9 heteroatoms. The van der Waals surface area contributed by atoms with Crippen molar-refractivity contribution in [1.82, 2.24) is 9.21 Å². The average Bonchev–Trinajstić information content (AvgIpc) is 0.840. The van der Waals surface area contributed by atoms with E-state index in [1.165, 1.54) is 244 Å². The third-order valence-electron chi connectivity index (χ3n) is 25.6. The normalized spacial score (nSPS) is 25.7. The fourth-order valence-electron chi connectivity index (χ4n) is 17.1. The Labute approximate surface area is 741 Å². The second-order valence-electron chi connectivity index (χ2n) is 43.4. The zero-order valence-corrected chi connectivity index (χ0v) is 88.4. The zero-order valence-electron chi connectivity index (χ0n) is 87.6. The lowest BCUT2D eigenvalue weighted by Gasteiger charge is -2.39. The lowest BCUT2D eigenvalue weighted by molar-refractivity contribution is -0.122. The van der Waals surface area contributed by atoms with Gasteiger partial charge in [0.05, 0.1) is 6.26 Å². The van der Waals surface area contributed by atoms with Gasteiger partial charge < -0.3 is 9.64 Å². The molecule has 0 bridgehead atoms. The van der Waals surface area contributed by atoms with Gasteiger partial charge in [-0.1, -0.05) is 439 Å². The average molecular weight is 1680 g/mol. The SMILES string of the molecule is CC(=O)C1CCC(C)CC1.CC(=O)C1CCC(C)CC1.CC(C)(C)C1CCCCC1.CC(C)(C)C1CCN(S(C)(=O)=O)CC1.CC(C)(C)OC(=O)N1CCC(C(C)(C)C)CC1.CCC.CCC.CCC.CCC.CCC.CCC.CCC1CCC(C)CC1.CCC1CCC(C)CC1.CCCC1CCC(C)CC1.CCCC1CCC(C)CC1. The van der Waals surface area contributed by atoms with E-state index in [1.54, 1.807) is 18.2 Å². The van der Waals surface area contributed by atoms with Crippen LogP contribution in [0.3, 0.4) is 0 Å². The van der Waals surface area contributed by atoms with Crippen molar-refractivity contribution < 1.29 is 27.5 Å². The number of likely N-dealkylation sites (tertiary alicyclic amines) is 1. The van der Waals surface area contributed by atoms with E-state index < -0.39 is 15.6 Å². The quantitative estimate of drug-likeness (QED) is 0.228. The van der Waals surface area contributed by atoms with Gasteiger partial charge in [0.15, 0.2) is 0 Å². The highest BCUT2D eigenvalue weighted by Crippen LogP contribution is 2.40. The maximum absolute atomic E-state index is 11.9. The molecule has 0 aromatic rings. The van der Waals surface area contributed by atoms with Crippen LogP contribution < -0.4 is 0 Å². The molecule has 117 heavy (non-hydrogen) atoms. The molecule has 7 saturated carbocycles. The molecule has 2 aliphatic heterocycles. The van der Waals surface area contributed by atoms with Crippen LogP contribution in [0.4, 0.5) is 4.79 Å². The first kappa shape index (κ1) is 126. The summed E-state index contributed by atoms with van der Waals surface area (Å²) in [7, 11) is -2.96. The highest BCUT2D eigenvalue weighted by molar-refractivity contribution is 7.88. The molecular formula is C108H224N2O6S. The van der Waals surface area contributed by atoms with Crippen molar-refractivity contribution in [2.24, 2.45) is 105 Å². The summed E-state index contributed by atoms with van der Waals surface area (Å²) in [4.78, 5) is 35.5. The topological polar surface area (TPSA) is 101 Å². The number of piperidine rings is 2. The van der Waals surface area contributed by atoms with Gasteiger partial charge in [0.2, 0.25) is 10.0 Å². The predicted molar refractivity (Wildman–Crippen MR) is 529 cm³/mol. The number of sulfonamides is 1. The molecule has 0 atom stereocenters. The van der Waals surface area contributed by atoms with E-state index in [2.05, 4.69) is 215 Å². The molecule has 0 aromatic carbocycles. The minimum absolute atomic E-state index is 0.162. The Morgan fingerprint density at radius 1 is 0.308 bits per heavy atom. The largest absolute Gasteiger partial charge is 0.444 e. The molecule has 7 aliphatic carbocycles. The van der Waals surface area contributed by atoms with Crippen molar-refractivity contribution in [2.75, 3.05) is 32.4 Å². The third kappa shape index (κ3) is 76.7. The Morgan fingerprint density at radius 3 is 0.709 bits per heavy atom. The lowest BCUT2D eigenvalue weighted by atomic mass is 9.72. The van der Waals surface area contributed by atoms with Crippen LogP contribution >= 0.6 is 0 Å². The van der Waals surface area contributed by atoms with Crippen LogP contribution in [0.5, 0.6) is 0 Å². The molecule has 8 nitrogen and oxygen atoms in total. The van der Waals surface area contributed by atoms with Crippen LogP contribution in [-0.4, -0.2) is 73.3 Å². The summed E-state index contributed by atoms with van der Waals surface area (Å²) in [5, 5.41) is 0. The summed E-state index contributed by atoms with van der Waals surface area (Å²) in [5.41, 5.74) is 0.835. The molecule has 9 fully saturated rings. The van der Waals surface area contributed by atoms with E-state index in [1.807, 2.05) is 25.7 Å². The Kier molecular flexibility index (Phi) is 83.0. The number of amides is 1. The van der Waals surface area contributed by atoms with Crippen molar-refractivity contribution >= 4 is 27.7 Å².